The molecular formula is C21H22O3. The van der Waals surface area contributed by atoms with Crippen LogP contribution in [-0.4, -0.2) is 7.11 Å². The van der Waals surface area contributed by atoms with Crippen LogP contribution in [0.5, 0.6) is 5.75 Å². The summed E-state index contributed by atoms with van der Waals surface area (Å²) in [5, 5.41) is 0.904. The first-order chi connectivity index (χ1) is 11.7. The largest absolute Gasteiger partial charge is 0.496 e. The van der Waals surface area contributed by atoms with Gasteiger partial charge in [0.2, 0.25) is 0 Å². The van der Waals surface area contributed by atoms with Gasteiger partial charge in [0.25, 0.3) is 0 Å². The first-order valence-electron chi connectivity index (χ1n) is 8.43. The molecule has 0 atom stereocenters. The molecule has 2 aromatic carbocycles. The Kier molecular flexibility index (Phi) is 4.99. The summed E-state index contributed by atoms with van der Waals surface area (Å²) in [6.45, 7) is 2.20. The van der Waals surface area contributed by atoms with Gasteiger partial charge in [-0.15, -0.1) is 0 Å². The third-order valence-corrected chi connectivity index (χ3v) is 4.27. The number of hydrogen-bond acceptors (Lipinski definition) is 3. The molecule has 0 N–H and O–H groups in total. The van der Waals surface area contributed by atoms with E-state index in [1.54, 1.807) is 13.2 Å². The first-order valence-corrected chi connectivity index (χ1v) is 8.43. The van der Waals surface area contributed by atoms with Gasteiger partial charge in [-0.1, -0.05) is 50.1 Å². The van der Waals surface area contributed by atoms with Crippen LogP contribution in [0.1, 0.15) is 31.7 Å². The molecular weight excluding hydrogens is 300 g/mol. The Labute approximate surface area is 141 Å². The van der Waals surface area contributed by atoms with E-state index in [0.717, 1.165) is 23.8 Å². The van der Waals surface area contributed by atoms with Gasteiger partial charge in [-0.25, -0.2) is 4.79 Å². The zero-order valence-electron chi connectivity index (χ0n) is 14.2. The van der Waals surface area contributed by atoms with Gasteiger partial charge in [0.05, 0.1) is 12.7 Å². The first kappa shape index (κ1) is 16.3. The zero-order valence-corrected chi connectivity index (χ0v) is 14.2. The minimum absolute atomic E-state index is 0.342. The summed E-state index contributed by atoms with van der Waals surface area (Å²) in [7, 11) is 1.64. The Morgan fingerprint density at radius 1 is 1.00 bits per heavy atom. The number of unbranched alkanes of at least 4 members (excludes halogenated alkanes) is 2. The van der Waals surface area contributed by atoms with Gasteiger partial charge in [0.1, 0.15) is 11.3 Å². The van der Waals surface area contributed by atoms with Crippen LogP contribution in [0.15, 0.2) is 57.7 Å². The number of methoxy groups -OCH3 is 1. The highest BCUT2D eigenvalue weighted by atomic mass is 16.5. The summed E-state index contributed by atoms with van der Waals surface area (Å²) in [6.07, 6.45) is 4.61. The summed E-state index contributed by atoms with van der Waals surface area (Å²) >= 11 is 0. The van der Waals surface area contributed by atoms with Gasteiger partial charge >= 0.3 is 5.63 Å². The Hall–Kier alpha value is -2.55. The van der Waals surface area contributed by atoms with Crippen LogP contribution >= 0.6 is 0 Å². The van der Waals surface area contributed by atoms with Crippen molar-refractivity contribution in [3.63, 3.8) is 0 Å². The van der Waals surface area contributed by atoms with E-state index >= 15 is 0 Å². The number of ether oxygens (including phenoxy) is 1. The van der Waals surface area contributed by atoms with E-state index in [-0.39, 0.29) is 5.63 Å². The van der Waals surface area contributed by atoms with Crippen LogP contribution in [0.25, 0.3) is 22.1 Å². The fourth-order valence-corrected chi connectivity index (χ4v) is 2.94. The Bertz CT molecular complexity index is 893. The standard InChI is InChI=1S/C21H22O3/c1-3-4-5-8-15-11-12-17(20(13-15)23-2)18-14-16-9-6-7-10-19(16)24-21(18)22/h6-7,9-14H,3-5,8H2,1-2H3. The average Bonchev–Trinajstić information content (AvgIpc) is 2.61. The fourth-order valence-electron chi connectivity index (χ4n) is 2.94. The summed E-state index contributed by atoms with van der Waals surface area (Å²) in [5.41, 5.74) is 2.79. The van der Waals surface area contributed by atoms with E-state index in [9.17, 15) is 4.79 Å². The molecule has 0 radical (unpaired) electrons. The predicted octanol–water partition coefficient (Wildman–Crippen LogP) is 5.20. The molecule has 0 saturated heterocycles. The van der Waals surface area contributed by atoms with E-state index < -0.39 is 0 Å². The quantitative estimate of drug-likeness (QED) is 0.462. The lowest BCUT2D eigenvalue weighted by molar-refractivity contribution is 0.415. The highest BCUT2D eigenvalue weighted by Crippen LogP contribution is 2.31. The number of hydrogen-bond donors (Lipinski definition) is 0. The van der Waals surface area contributed by atoms with Crippen molar-refractivity contribution >= 4 is 11.0 Å². The fraction of sp³-hybridized carbons (Fsp3) is 0.286. The maximum absolute atomic E-state index is 12.4. The van der Waals surface area contributed by atoms with E-state index in [0.29, 0.717) is 16.9 Å². The third kappa shape index (κ3) is 3.35. The summed E-state index contributed by atoms with van der Waals surface area (Å²) in [5.74, 6) is 0.714. The second kappa shape index (κ2) is 7.35. The molecule has 3 rings (SSSR count). The molecule has 0 bridgehead atoms. The van der Waals surface area contributed by atoms with E-state index in [4.69, 9.17) is 9.15 Å². The van der Waals surface area contributed by atoms with Gasteiger partial charge in [-0.3, -0.25) is 0 Å². The highest BCUT2D eigenvalue weighted by Gasteiger charge is 2.13. The predicted molar refractivity (Wildman–Crippen MR) is 97.7 cm³/mol. The van der Waals surface area contributed by atoms with Crippen molar-refractivity contribution in [1.82, 2.24) is 0 Å². The molecule has 1 heterocycles. The van der Waals surface area contributed by atoms with Crippen molar-refractivity contribution in [2.75, 3.05) is 7.11 Å². The Morgan fingerprint density at radius 3 is 2.62 bits per heavy atom. The summed E-state index contributed by atoms with van der Waals surface area (Å²) in [4.78, 5) is 12.4. The smallest absolute Gasteiger partial charge is 0.344 e. The lowest BCUT2D eigenvalue weighted by atomic mass is 10.0. The number of rotatable bonds is 6. The second-order valence-corrected chi connectivity index (χ2v) is 5.98. The SMILES string of the molecule is CCCCCc1ccc(-c2cc3ccccc3oc2=O)c(OC)c1. The molecule has 3 heteroatoms. The normalized spacial score (nSPS) is 10.9. The van der Waals surface area contributed by atoms with Gasteiger partial charge in [-0.2, -0.15) is 0 Å². The summed E-state index contributed by atoms with van der Waals surface area (Å²) in [6, 6.07) is 15.5. The van der Waals surface area contributed by atoms with Crippen LogP contribution in [0.2, 0.25) is 0 Å². The van der Waals surface area contributed by atoms with Crippen molar-refractivity contribution < 1.29 is 9.15 Å². The molecule has 0 spiro atoms. The topological polar surface area (TPSA) is 39.4 Å². The minimum atomic E-state index is -0.342. The molecule has 0 unspecified atom stereocenters. The van der Waals surface area contributed by atoms with Crippen LogP contribution in [-0.2, 0) is 6.42 Å². The lowest BCUT2D eigenvalue weighted by Crippen LogP contribution is -2.04. The van der Waals surface area contributed by atoms with Crippen LogP contribution < -0.4 is 10.4 Å². The van der Waals surface area contributed by atoms with Crippen LogP contribution in [0.3, 0.4) is 0 Å². The van der Waals surface area contributed by atoms with Gasteiger partial charge in [0.15, 0.2) is 0 Å². The van der Waals surface area contributed by atoms with Crippen molar-refractivity contribution in [2.45, 2.75) is 32.6 Å². The van der Waals surface area contributed by atoms with Crippen LogP contribution in [0, 0.1) is 0 Å². The van der Waals surface area contributed by atoms with Crippen molar-refractivity contribution in [3.05, 3.63) is 64.5 Å². The van der Waals surface area contributed by atoms with Crippen LogP contribution in [0.4, 0.5) is 0 Å². The number of benzene rings is 2. The molecule has 0 saturated carbocycles. The van der Waals surface area contributed by atoms with Gasteiger partial charge in [0, 0.05) is 10.9 Å². The lowest BCUT2D eigenvalue weighted by Gasteiger charge is -2.11. The maximum atomic E-state index is 12.4. The molecule has 0 aliphatic heterocycles. The molecule has 0 amide bonds. The zero-order chi connectivity index (χ0) is 16.9. The van der Waals surface area contributed by atoms with E-state index in [1.165, 1.54) is 18.4 Å². The molecule has 1 aromatic heterocycles. The minimum Gasteiger partial charge on any atom is -0.496 e. The molecule has 0 aliphatic carbocycles. The van der Waals surface area contributed by atoms with Crippen molar-refractivity contribution in [2.24, 2.45) is 0 Å². The highest BCUT2D eigenvalue weighted by molar-refractivity contribution is 5.83. The number of aryl methyl sites for hydroxylation is 1. The third-order valence-electron chi connectivity index (χ3n) is 4.27. The van der Waals surface area contributed by atoms with Gasteiger partial charge < -0.3 is 9.15 Å². The molecule has 124 valence electrons. The summed E-state index contributed by atoms with van der Waals surface area (Å²) < 4.78 is 11.0. The Balaban J connectivity index is 2.02. The van der Waals surface area contributed by atoms with Gasteiger partial charge in [-0.05, 0) is 36.6 Å². The average molecular weight is 322 g/mol. The molecule has 0 fully saturated rings. The van der Waals surface area contributed by atoms with E-state index in [2.05, 4.69) is 13.0 Å². The molecule has 3 aromatic rings. The van der Waals surface area contributed by atoms with Crippen molar-refractivity contribution in [3.8, 4) is 16.9 Å². The number of para-hydroxylation sites is 1. The molecule has 0 aliphatic rings. The second-order valence-electron chi connectivity index (χ2n) is 5.98. The monoisotopic (exact) mass is 322 g/mol. The van der Waals surface area contributed by atoms with E-state index in [1.807, 2.05) is 36.4 Å². The molecule has 3 nitrogen and oxygen atoms in total. The number of fused-ring (bicyclic) bond motifs is 1. The van der Waals surface area contributed by atoms with Crippen molar-refractivity contribution in [1.29, 1.82) is 0 Å². The molecule has 24 heavy (non-hydrogen) atoms. The maximum Gasteiger partial charge on any atom is 0.344 e. The Morgan fingerprint density at radius 2 is 1.83 bits per heavy atom.